The van der Waals surface area contributed by atoms with Crippen LogP contribution in [0.15, 0.2) is 22.7 Å². The smallest absolute Gasteiger partial charge is 0.255 e. The van der Waals surface area contributed by atoms with Crippen LogP contribution in [-0.2, 0) is 0 Å². The van der Waals surface area contributed by atoms with Gasteiger partial charge in [0, 0.05) is 23.2 Å². The lowest BCUT2D eigenvalue weighted by Crippen LogP contribution is -2.42. The monoisotopic (exact) mass is 310 g/mol. The van der Waals surface area contributed by atoms with E-state index in [4.69, 9.17) is 5.73 Å². The summed E-state index contributed by atoms with van der Waals surface area (Å²) < 4.78 is 0.813. The lowest BCUT2D eigenvalue weighted by Gasteiger charge is -2.35. The number of piperidine rings is 1. The van der Waals surface area contributed by atoms with Crippen LogP contribution < -0.4 is 5.73 Å². The van der Waals surface area contributed by atoms with Crippen molar-refractivity contribution in [1.29, 1.82) is 0 Å². The number of carbonyl (C=O) groups excluding carboxylic acids is 1. The van der Waals surface area contributed by atoms with Crippen LogP contribution in [0.25, 0.3) is 0 Å². The van der Waals surface area contributed by atoms with E-state index < -0.39 is 0 Å². The van der Waals surface area contributed by atoms with E-state index in [0.717, 1.165) is 24.0 Å². The minimum absolute atomic E-state index is 0.0768. The third kappa shape index (κ3) is 2.69. The van der Waals surface area contributed by atoms with E-state index in [0.29, 0.717) is 23.1 Å². The summed E-state index contributed by atoms with van der Waals surface area (Å²) >= 11 is 3.42. The van der Waals surface area contributed by atoms with Crippen LogP contribution in [0.4, 0.5) is 5.69 Å². The third-order valence-electron chi connectivity index (χ3n) is 3.84. The quantitative estimate of drug-likeness (QED) is 0.810. The van der Waals surface area contributed by atoms with Crippen LogP contribution >= 0.6 is 15.9 Å². The number of rotatable bonds is 1. The van der Waals surface area contributed by atoms with E-state index in [1.807, 2.05) is 11.0 Å². The van der Waals surface area contributed by atoms with E-state index in [2.05, 4.69) is 29.8 Å². The van der Waals surface area contributed by atoms with Gasteiger partial charge in [0.2, 0.25) is 0 Å². The summed E-state index contributed by atoms with van der Waals surface area (Å²) in [6.07, 6.45) is 1.08. The van der Waals surface area contributed by atoms with Gasteiger partial charge in [-0.2, -0.15) is 0 Å². The standard InChI is InChI=1S/C14H19BrN2O/c1-9-5-6-17(8-10(9)2)14(18)12-7-11(16)3-4-13(12)15/h3-4,7,9-10H,5-6,8,16H2,1-2H3. The molecule has 1 heterocycles. The van der Waals surface area contributed by atoms with Gasteiger partial charge in [-0.3, -0.25) is 4.79 Å². The lowest BCUT2D eigenvalue weighted by atomic mass is 9.88. The lowest BCUT2D eigenvalue weighted by molar-refractivity contribution is 0.0626. The molecule has 1 fully saturated rings. The number of carbonyl (C=O) groups is 1. The van der Waals surface area contributed by atoms with Crippen molar-refractivity contribution < 1.29 is 4.79 Å². The SMILES string of the molecule is CC1CCN(C(=O)c2cc(N)ccc2Br)CC1C. The van der Waals surface area contributed by atoms with Gasteiger partial charge in [-0.05, 0) is 52.4 Å². The van der Waals surface area contributed by atoms with Gasteiger partial charge in [0.25, 0.3) is 5.91 Å². The molecule has 2 unspecified atom stereocenters. The van der Waals surface area contributed by atoms with Crippen molar-refractivity contribution in [2.24, 2.45) is 11.8 Å². The summed E-state index contributed by atoms with van der Waals surface area (Å²) in [7, 11) is 0. The number of amides is 1. The molecular weight excluding hydrogens is 292 g/mol. The molecule has 1 aromatic rings. The Morgan fingerprint density at radius 3 is 2.78 bits per heavy atom. The molecule has 2 rings (SSSR count). The first-order chi connectivity index (χ1) is 8.49. The maximum Gasteiger partial charge on any atom is 0.255 e. The summed E-state index contributed by atoms with van der Waals surface area (Å²) in [5, 5.41) is 0. The van der Waals surface area contributed by atoms with Crippen molar-refractivity contribution in [3.05, 3.63) is 28.2 Å². The molecule has 2 N–H and O–H groups in total. The van der Waals surface area contributed by atoms with Crippen molar-refractivity contribution in [2.75, 3.05) is 18.8 Å². The topological polar surface area (TPSA) is 46.3 Å². The number of likely N-dealkylation sites (tertiary alicyclic amines) is 1. The Labute approximate surface area is 116 Å². The maximum absolute atomic E-state index is 12.5. The Bertz CT molecular complexity index is 461. The molecule has 18 heavy (non-hydrogen) atoms. The van der Waals surface area contributed by atoms with Gasteiger partial charge in [0.05, 0.1) is 5.56 Å². The number of anilines is 1. The average molecular weight is 311 g/mol. The molecule has 0 bridgehead atoms. The second-order valence-corrected chi connectivity index (χ2v) is 6.09. The van der Waals surface area contributed by atoms with Gasteiger partial charge in [0.1, 0.15) is 0 Å². The highest BCUT2D eigenvalue weighted by molar-refractivity contribution is 9.10. The fourth-order valence-corrected chi connectivity index (χ4v) is 2.74. The van der Waals surface area contributed by atoms with Crippen LogP contribution in [0.3, 0.4) is 0 Å². The molecule has 1 aromatic carbocycles. The number of benzene rings is 1. The zero-order valence-corrected chi connectivity index (χ0v) is 12.4. The molecule has 98 valence electrons. The summed E-state index contributed by atoms with van der Waals surface area (Å²) in [5.41, 5.74) is 7.04. The largest absolute Gasteiger partial charge is 0.399 e. The van der Waals surface area contributed by atoms with E-state index in [1.165, 1.54) is 0 Å². The maximum atomic E-state index is 12.5. The predicted molar refractivity (Wildman–Crippen MR) is 77.4 cm³/mol. The molecule has 1 aliphatic heterocycles. The van der Waals surface area contributed by atoms with Gasteiger partial charge in [0.15, 0.2) is 0 Å². The predicted octanol–water partition coefficient (Wildman–Crippen LogP) is 3.15. The number of hydrogen-bond acceptors (Lipinski definition) is 2. The number of nitrogens with two attached hydrogens (primary N) is 1. The Balaban J connectivity index is 2.19. The van der Waals surface area contributed by atoms with Gasteiger partial charge in [-0.15, -0.1) is 0 Å². The van der Waals surface area contributed by atoms with Crippen molar-refractivity contribution >= 4 is 27.5 Å². The fourth-order valence-electron chi connectivity index (χ4n) is 2.32. The Hall–Kier alpha value is -1.03. The molecule has 0 radical (unpaired) electrons. The van der Waals surface area contributed by atoms with E-state index in [1.54, 1.807) is 12.1 Å². The van der Waals surface area contributed by atoms with Crippen molar-refractivity contribution in [3.63, 3.8) is 0 Å². The van der Waals surface area contributed by atoms with Gasteiger partial charge in [-0.1, -0.05) is 13.8 Å². The minimum Gasteiger partial charge on any atom is -0.399 e. The van der Waals surface area contributed by atoms with E-state index >= 15 is 0 Å². The molecule has 4 heteroatoms. The van der Waals surface area contributed by atoms with E-state index in [9.17, 15) is 4.79 Å². The number of nitrogen functional groups attached to an aromatic ring is 1. The number of halogens is 1. The van der Waals surface area contributed by atoms with Crippen molar-refractivity contribution in [3.8, 4) is 0 Å². The second-order valence-electron chi connectivity index (χ2n) is 5.23. The molecule has 0 saturated carbocycles. The van der Waals surface area contributed by atoms with E-state index in [-0.39, 0.29) is 5.91 Å². The number of nitrogens with zero attached hydrogens (tertiary/aromatic N) is 1. The van der Waals surface area contributed by atoms with Crippen LogP contribution in [0.5, 0.6) is 0 Å². The highest BCUT2D eigenvalue weighted by Gasteiger charge is 2.27. The highest BCUT2D eigenvalue weighted by Crippen LogP contribution is 2.26. The first-order valence-corrected chi connectivity index (χ1v) is 7.12. The second kappa shape index (κ2) is 5.31. The molecule has 0 spiro atoms. The zero-order chi connectivity index (χ0) is 13.3. The van der Waals surface area contributed by atoms with Crippen molar-refractivity contribution in [2.45, 2.75) is 20.3 Å². The first kappa shape index (κ1) is 13.4. The molecule has 0 aliphatic carbocycles. The Morgan fingerprint density at radius 1 is 1.39 bits per heavy atom. The minimum atomic E-state index is 0.0768. The fraction of sp³-hybridized carbons (Fsp3) is 0.500. The summed E-state index contributed by atoms with van der Waals surface area (Å²) in [5.74, 6) is 1.33. The molecule has 2 atom stereocenters. The normalized spacial score (nSPS) is 24.1. The molecular formula is C14H19BrN2O. The summed E-state index contributed by atoms with van der Waals surface area (Å²) in [6.45, 7) is 6.13. The zero-order valence-electron chi connectivity index (χ0n) is 10.8. The number of hydrogen-bond donors (Lipinski definition) is 1. The Morgan fingerprint density at radius 2 is 2.11 bits per heavy atom. The highest BCUT2D eigenvalue weighted by atomic mass is 79.9. The van der Waals surface area contributed by atoms with Gasteiger partial charge >= 0.3 is 0 Å². The molecule has 1 amide bonds. The molecule has 0 aromatic heterocycles. The molecule has 1 aliphatic rings. The summed E-state index contributed by atoms with van der Waals surface area (Å²) in [6, 6.07) is 5.37. The van der Waals surface area contributed by atoms with Gasteiger partial charge < -0.3 is 10.6 Å². The first-order valence-electron chi connectivity index (χ1n) is 6.33. The molecule has 3 nitrogen and oxygen atoms in total. The van der Waals surface area contributed by atoms with Gasteiger partial charge in [-0.25, -0.2) is 0 Å². The Kier molecular flexibility index (Phi) is 3.95. The third-order valence-corrected chi connectivity index (χ3v) is 4.53. The van der Waals surface area contributed by atoms with Crippen LogP contribution in [0.2, 0.25) is 0 Å². The average Bonchev–Trinajstić information content (AvgIpc) is 2.35. The molecule has 1 saturated heterocycles. The van der Waals surface area contributed by atoms with Crippen molar-refractivity contribution in [1.82, 2.24) is 4.90 Å². The van der Waals surface area contributed by atoms with Crippen LogP contribution in [-0.4, -0.2) is 23.9 Å². The summed E-state index contributed by atoms with van der Waals surface area (Å²) in [4.78, 5) is 14.4. The van der Waals surface area contributed by atoms with Crippen LogP contribution in [0, 0.1) is 11.8 Å². The van der Waals surface area contributed by atoms with Crippen LogP contribution in [0.1, 0.15) is 30.6 Å².